The number of aromatic nitrogens is 2. The van der Waals surface area contributed by atoms with Crippen LogP contribution in [-0.4, -0.2) is 21.3 Å². The first-order valence-corrected chi connectivity index (χ1v) is 6.33. The highest BCUT2D eigenvalue weighted by Crippen LogP contribution is 2.35. The van der Waals surface area contributed by atoms with Crippen molar-refractivity contribution >= 4 is 40.9 Å². The molecule has 0 atom stereocenters. The summed E-state index contributed by atoms with van der Waals surface area (Å²) in [5, 5.41) is 17.8. The standard InChI is InChI=1S/C11H6Cl2N2O2S/c12-6-1-2-8(13)9(5-6)18-10-7(11(16)17)3-4-14-15-10/h1-5H,(H,16,17). The Labute approximate surface area is 117 Å². The lowest BCUT2D eigenvalue weighted by Gasteiger charge is -2.05. The van der Waals surface area contributed by atoms with Crippen molar-refractivity contribution in [2.45, 2.75) is 9.92 Å². The fraction of sp³-hybridized carbons (Fsp3) is 0. The van der Waals surface area contributed by atoms with Gasteiger partial charge in [0.2, 0.25) is 0 Å². The zero-order valence-electron chi connectivity index (χ0n) is 8.80. The van der Waals surface area contributed by atoms with Gasteiger partial charge in [-0.25, -0.2) is 4.79 Å². The van der Waals surface area contributed by atoms with E-state index in [0.717, 1.165) is 11.8 Å². The summed E-state index contributed by atoms with van der Waals surface area (Å²) in [4.78, 5) is 11.7. The zero-order chi connectivity index (χ0) is 13.1. The van der Waals surface area contributed by atoms with E-state index in [9.17, 15) is 4.79 Å². The molecule has 4 nitrogen and oxygen atoms in total. The Kier molecular flexibility index (Phi) is 4.06. The average molecular weight is 301 g/mol. The van der Waals surface area contributed by atoms with Crippen LogP contribution in [0.5, 0.6) is 0 Å². The van der Waals surface area contributed by atoms with Crippen LogP contribution in [0.25, 0.3) is 0 Å². The lowest BCUT2D eigenvalue weighted by atomic mass is 10.3. The Hall–Kier alpha value is -1.30. The Balaban J connectivity index is 2.40. The number of rotatable bonds is 3. The monoisotopic (exact) mass is 300 g/mol. The van der Waals surface area contributed by atoms with E-state index in [4.69, 9.17) is 28.3 Å². The van der Waals surface area contributed by atoms with Gasteiger partial charge in [0.1, 0.15) is 5.03 Å². The molecule has 0 spiro atoms. The Morgan fingerprint density at radius 2 is 2.06 bits per heavy atom. The maximum absolute atomic E-state index is 11.0. The topological polar surface area (TPSA) is 63.1 Å². The molecule has 0 radical (unpaired) electrons. The van der Waals surface area contributed by atoms with Crippen molar-refractivity contribution in [3.05, 3.63) is 46.1 Å². The highest BCUT2D eigenvalue weighted by molar-refractivity contribution is 7.99. The molecule has 18 heavy (non-hydrogen) atoms. The van der Waals surface area contributed by atoms with Gasteiger partial charge in [-0.2, -0.15) is 5.10 Å². The van der Waals surface area contributed by atoms with E-state index in [2.05, 4.69) is 10.2 Å². The van der Waals surface area contributed by atoms with Gasteiger partial charge in [-0.15, -0.1) is 5.10 Å². The summed E-state index contributed by atoms with van der Waals surface area (Å²) >= 11 is 13.0. The molecule has 2 aromatic rings. The third-order valence-electron chi connectivity index (χ3n) is 2.02. The van der Waals surface area contributed by atoms with Gasteiger partial charge < -0.3 is 5.11 Å². The fourth-order valence-electron chi connectivity index (χ4n) is 1.22. The van der Waals surface area contributed by atoms with Crippen molar-refractivity contribution in [3.8, 4) is 0 Å². The molecule has 1 aromatic heterocycles. The van der Waals surface area contributed by atoms with E-state index >= 15 is 0 Å². The average Bonchev–Trinajstić information content (AvgIpc) is 2.34. The second-order valence-corrected chi connectivity index (χ2v) is 5.11. The largest absolute Gasteiger partial charge is 0.478 e. The van der Waals surface area contributed by atoms with Crippen molar-refractivity contribution in [1.82, 2.24) is 10.2 Å². The van der Waals surface area contributed by atoms with Crippen LogP contribution in [0.4, 0.5) is 0 Å². The van der Waals surface area contributed by atoms with Gasteiger partial charge in [0.05, 0.1) is 16.8 Å². The van der Waals surface area contributed by atoms with Gasteiger partial charge in [-0.05, 0) is 24.3 Å². The molecule has 1 N–H and O–H groups in total. The van der Waals surface area contributed by atoms with E-state index in [0.29, 0.717) is 14.9 Å². The summed E-state index contributed by atoms with van der Waals surface area (Å²) in [7, 11) is 0. The maximum Gasteiger partial charge on any atom is 0.338 e. The summed E-state index contributed by atoms with van der Waals surface area (Å²) in [5.74, 6) is -1.06. The summed E-state index contributed by atoms with van der Waals surface area (Å²) in [6.07, 6.45) is 1.33. The van der Waals surface area contributed by atoms with Crippen LogP contribution in [0.1, 0.15) is 10.4 Å². The van der Waals surface area contributed by atoms with E-state index < -0.39 is 5.97 Å². The SMILES string of the molecule is O=C(O)c1ccnnc1Sc1cc(Cl)ccc1Cl. The number of carboxylic acid groups (broad SMARTS) is 1. The Morgan fingerprint density at radius 1 is 1.28 bits per heavy atom. The summed E-state index contributed by atoms with van der Waals surface area (Å²) < 4.78 is 0. The predicted octanol–water partition coefficient (Wildman–Crippen LogP) is 3.63. The van der Waals surface area contributed by atoms with Crippen molar-refractivity contribution in [2.75, 3.05) is 0 Å². The smallest absolute Gasteiger partial charge is 0.338 e. The minimum atomic E-state index is -1.06. The number of aromatic carboxylic acids is 1. The third kappa shape index (κ3) is 2.93. The van der Waals surface area contributed by atoms with Crippen LogP contribution in [0.15, 0.2) is 40.4 Å². The zero-order valence-corrected chi connectivity index (χ0v) is 11.1. The van der Waals surface area contributed by atoms with Crippen molar-refractivity contribution in [3.63, 3.8) is 0 Å². The van der Waals surface area contributed by atoms with Gasteiger partial charge in [0.25, 0.3) is 0 Å². The first-order valence-electron chi connectivity index (χ1n) is 4.76. The van der Waals surface area contributed by atoms with Crippen LogP contribution >= 0.6 is 35.0 Å². The number of benzene rings is 1. The van der Waals surface area contributed by atoms with Crippen molar-refractivity contribution in [2.24, 2.45) is 0 Å². The lowest BCUT2D eigenvalue weighted by molar-refractivity contribution is 0.0692. The van der Waals surface area contributed by atoms with Gasteiger partial charge in [0, 0.05) is 9.92 Å². The molecule has 0 fully saturated rings. The van der Waals surface area contributed by atoms with E-state index in [1.807, 2.05) is 0 Å². The molecular formula is C11H6Cl2N2O2S. The second-order valence-electron chi connectivity index (χ2n) is 3.23. The fourth-order valence-corrected chi connectivity index (χ4v) is 2.60. The van der Waals surface area contributed by atoms with Gasteiger partial charge in [-0.3, -0.25) is 0 Å². The number of carboxylic acids is 1. The summed E-state index contributed by atoms with van der Waals surface area (Å²) in [5.41, 5.74) is 0.0750. The molecule has 0 amide bonds. The minimum absolute atomic E-state index is 0.0750. The van der Waals surface area contributed by atoms with Gasteiger partial charge in [0.15, 0.2) is 0 Å². The molecule has 0 bridgehead atoms. The highest BCUT2D eigenvalue weighted by atomic mass is 35.5. The Morgan fingerprint density at radius 3 is 2.78 bits per heavy atom. The molecule has 1 heterocycles. The molecule has 0 aliphatic rings. The van der Waals surface area contributed by atoms with Gasteiger partial charge in [-0.1, -0.05) is 35.0 Å². The number of halogens is 2. The molecule has 0 unspecified atom stereocenters. The molecule has 92 valence electrons. The first kappa shape index (κ1) is 13.1. The van der Waals surface area contributed by atoms with Crippen LogP contribution in [0.3, 0.4) is 0 Å². The van der Waals surface area contributed by atoms with E-state index in [1.54, 1.807) is 18.2 Å². The summed E-state index contributed by atoms with van der Waals surface area (Å²) in [6.45, 7) is 0. The number of hydrogen-bond donors (Lipinski definition) is 1. The van der Waals surface area contributed by atoms with Crippen LogP contribution in [-0.2, 0) is 0 Å². The predicted molar refractivity (Wildman–Crippen MR) is 69.6 cm³/mol. The molecule has 7 heteroatoms. The number of carbonyl (C=O) groups is 1. The highest BCUT2D eigenvalue weighted by Gasteiger charge is 2.14. The minimum Gasteiger partial charge on any atom is -0.478 e. The van der Waals surface area contributed by atoms with Crippen LogP contribution in [0.2, 0.25) is 10.0 Å². The van der Waals surface area contributed by atoms with Crippen LogP contribution < -0.4 is 0 Å². The quantitative estimate of drug-likeness (QED) is 0.937. The normalized spacial score (nSPS) is 10.3. The van der Waals surface area contributed by atoms with Crippen molar-refractivity contribution in [1.29, 1.82) is 0 Å². The first-order chi connectivity index (χ1) is 8.58. The molecule has 0 aliphatic carbocycles. The second kappa shape index (κ2) is 5.56. The van der Waals surface area contributed by atoms with E-state index in [1.165, 1.54) is 12.3 Å². The lowest BCUT2D eigenvalue weighted by Crippen LogP contribution is -2.01. The van der Waals surface area contributed by atoms with E-state index in [-0.39, 0.29) is 10.6 Å². The molecule has 1 aromatic carbocycles. The summed E-state index contributed by atoms with van der Waals surface area (Å²) in [6, 6.07) is 6.33. The third-order valence-corrected chi connectivity index (χ3v) is 3.75. The molecular weight excluding hydrogens is 295 g/mol. The molecule has 2 rings (SSSR count). The van der Waals surface area contributed by atoms with Crippen molar-refractivity contribution < 1.29 is 9.90 Å². The van der Waals surface area contributed by atoms with Gasteiger partial charge >= 0.3 is 5.97 Å². The molecule has 0 saturated heterocycles. The number of hydrogen-bond acceptors (Lipinski definition) is 4. The molecule has 0 aliphatic heterocycles. The Bertz CT molecular complexity index is 607. The number of nitrogens with zero attached hydrogens (tertiary/aromatic N) is 2. The van der Waals surface area contributed by atoms with Crippen LogP contribution in [0, 0.1) is 0 Å². The maximum atomic E-state index is 11.0. The molecule has 0 saturated carbocycles.